The molecule has 11 nitrogen and oxygen atoms in total. The predicted octanol–water partition coefficient (Wildman–Crippen LogP) is 0.596. The molecule has 0 saturated heterocycles. The fourth-order valence-corrected chi connectivity index (χ4v) is 2.32. The Bertz CT molecular complexity index is 978. The third-order valence-electron chi connectivity index (χ3n) is 3.58. The Morgan fingerprint density at radius 3 is 1.68 bits per heavy atom. The smallest absolute Gasteiger partial charge is 0.322 e. The molecule has 12 heteroatoms. The van der Waals surface area contributed by atoms with E-state index in [1.807, 2.05) is 0 Å². The number of amides is 2. The van der Waals surface area contributed by atoms with Gasteiger partial charge in [0.15, 0.2) is 5.75 Å². The van der Waals surface area contributed by atoms with Crippen molar-refractivity contribution in [1.82, 2.24) is 16.1 Å². The molecular weight excluding hydrogens is 428 g/mol. The lowest BCUT2D eigenvalue weighted by Gasteiger charge is -2.12. The molecule has 2 aromatic rings. The second kappa shape index (κ2) is 11.1. The quantitative estimate of drug-likeness (QED) is 0.237. The molecule has 0 bridgehead atoms. The van der Waals surface area contributed by atoms with Crippen LogP contribution in [0.4, 0.5) is 5.69 Å². The molecule has 0 aliphatic heterocycles. The Morgan fingerprint density at radius 1 is 0.774 bits per heavy atom. The van der Waals surface area contributed by atoms with Crippen LogP contribution in [0.2, 0.25) is 0 Å². The van der Waals surface area contributed by atoms with E-state index in [0.717, 1.165) is 0 Å². The minimum atomic E-state index is -1.14. The Morgan fingerprint density at radius 2 is 1.23 bits per heavy atom. The van der Waals surface area contributed by atoms with E-state index in [1.54, 1.807) is 12.1 Å². The number of anilines is 1. The molecule has 2 rings (SSSR count). The molecule has 31 heavy (non-hydrogen) atoms. The van der Waals surface area contributed by atoms with Crippen molar-refractivity contribution in [3.63, 3.8) is 0 Å². The Labute approximate surface area is 181 Å². The van der Waals surface area contributed by atoms with Gasteiger partial charge in [0.25, 0.3) is 11.8 Å². The molecule has 2 amide bonds. The van der Waals surface area contributed by atoms with Crippen molar-refractivity contribution >= 4 is 46.8 Å². The lowest BCUT2D eigenvalue weighted by molar-refractivity contribution is -0.136. The van der Waals surface area contributed by atoms with E-state index in [0.29, 0.717) is 11.4 Å². The molecule has 0 fully saturated rings. The molecule has 0 saturated carbocycles. The van der Waals surface area contributed by atoms with E-state index >= 15 is 0 Å². The van der Waals surface area contributed by atoms with Crippen LogP contribution >= 0.6 is 12.2 Å². The largest absolute Gasteiger partial charge is 0.480 e. The summed E-state index contributed by atoms with van der Waals surface area (Å²) in [6, 6.07) is 12.1. The van der Waals surface area contributed by atoms with Gasteiger partial charge in [-0.25, -0.2) is 0 Å². The monoisotopic (exact) mass is 446 g/mol. The first-order chi connectivity index (χ1) is 14.7. The van der Waals surface area contributed by atoms with Crippen LogP contribution in [0.15, 0.2) is 48.5 Å². The zero-order chi connectivity index (χ0) is 22.8. The number of hydrogen-bond donors (Lipinski definition) is 6. The van der Waals surface area contributed by atoms with Crippen molar-refractivity contribution < 1.29 is 34.2 Å². The average molecular weight is 446 g/mol. The van der Waals surface area contributed by atoms with E-state index in [2.05, 4.69) is 21.4 Å². The number of carboxylic acid groups (broad SMARTS) is 2. The number of hydrogen-bond acceptors (Lipinski definition) is 6. The molecule has 0 radical (unpaired) electrons. The van der Waals surface area contributed by atoms with Gasteiger partial charge in [0.1, 0.15) is 13.1 Å². The number of nitrogens with one attached hydrogen (secondary N) is 4. The molecule has 0 unspecified atom stereocenters. The summed E-state index contributed by atoms with van der Waals surface area (Å²) in [5.74, 6) is -2.98. The van der Waals surface area contributed by atoms with Crippen molar-refractivity contribution in [3.05, 3.63) is 59.7 Å². The van der Waals surface area contributed by atoms with Gasteiger partial charge in [-0.2, -0.15) is 5.48 Å². The van der Waals surface area contributed by atoms with Crippen LogP contribution in [-0.2, 0) is 9.59 Å². The predicted molar refractivity (Wildman–Crippen MR) is 113 cm³/mol. The van der Waals surface area contributed by atoms with Crippen molar-refractivity contribution in [2.45, 2.75) is 0 Å². The lowest BCUT2D eigenvalue weighted by Crippen LogP contribution is -2.31. The highest BCUT2D eigenvalue weighted by Crippen LogP contribution is 2.12. The Hall–Kier alpha value is -4.19. The van der Waals surface area contributed by atoms with Gasteiger partial charge in [-0.1, -0.05) is 0 Å². The second-order valence-electron chi connectivity index (χ2n) is 5.91. The molecule has 0 aliphatic carbocycles. The van der Waals surface area contributed by atoms with Crippen molar-refractivity contribution in [3.8, 4) is 5.75 Å². The fraction of sp³-hybridized carbons (Fsp3) is 0.105. The van der Waals surface area contributed by atoms with Gasteiger partial charge in [0.2, 0.25) is 5.11 Å². The van der Waals surface area contributed by atoms with Crippen LogP contribution in [-0.4, -0.2) is 52.2 Å². The molecule has 2 aromatic carbocycles. The number of aliphatic carboxylic acids is 2. The Kier molecular flexibility index (Phi) is 8.28. The molecule has 0 heterocycles. The number of thiocarbonyl (C=S) groups is 1. The van der Waals surface area contributed by atoms with Crippen LogP contribution in [0.25, 0.3) is 0 Å². The SMILES string of the molecule is O=C(O)CNC(=O)c1ccc(NC(=S)NOc2ccc(C(=O)NCC(=O)O)cc2)cc1. The summed E-state index contributed by atoms with van der Waals surface area (Å²) in [7, 11) is 0. The highest BCUT2D eigenvalue weighted by Gasteiger charge is 2.09. The zero-order valence-corrected chi connectivity index (χ0v) is 16.7. The summed E-state index contributed by atoms with van der Waals surface area (Å²) in [5.41, 5.74) is 3.61. The van der Waals surface area contributed by atoms with Gasteiger partial charge in [-0.3, -0.25) is 19.2 Å². The van der Waals surface area contributed by atoms with E-state index in [4.69, 9.17) is 27.3 Å². The molecule has 0 spiro atoms. The van der Waals surface area contributed by atoms with Gasteiger partial charge in [0.05, 0.1) is 0 Å². The van der Waals surface area contributed by atoms with Gasteiger partial charge in [-0.15, -0.1) is 0 Å². The lowest BCUT2D eigenvalue weighted by atomic mass is 10.2. The first kappa shape index (κ1) is 23.1. The number of carbonyl (C=O) groups excluding carboxylic acids is 2. The normalized spacial score (nSPS) is 9.81. The number of carbonyl (C=O) groups is 4. The van der Waals surface area contributed by atoms with E-state index < -0.39 is 36.8 Å². The van der Waals surface area contributed by atoms with E-state index in [1.165, 1.54) is 36.4 Å². The number of benzene rings is 2. The highest BCUT2D eigenvalue weighted by molar-refractivity contribution is 7.80. The molecule has 6 N–H and O–H groups in total. The first-order valence-corrected chi connectivity index (χ1v) is 9.09. The number of rotatable bonds is 9. The van der Waals surface area contributed by atoms with Crippen LogP contribution < -0.4 is 26.3 Å². The summed E-state index contributed by atoms with van der Waals surface area (Å²) in [4.78, 5) is 49.8. The van der Waals surface area contributed by atoms with Gasteiger partial charge in [0, 0.05) is 16.8 Å². The summed E-state index contributed by atoms with van der Waals surface area (Å²) >= 11 is 5.10. The highest BCUT2D eigenvalue weighted by atomic mass is 32.1. The first-order valence-electron chi connectivity index (χ1n) is 8.68. The number of carboxylic acids is 2. The standard InChI is InChI=1S/C19H18N4O7S/c24-15(25)9-20-17(28)11-1-5-13(6-2-11)22-19(31)23-30-14-7-3-12(4-8-14)18(29)21-10-16(26)27/h1-8H,9-10H2,(H,20,28)(H,21,29)(H,24,25)(H,26,27)(H2,22,23,31). The maximum absolute atomic E-state index is 11.8. The number of hydroxylamine groups is 1. The minimum Gasteiger partial charge on any atom is -0.480 e. The van der Waals surface area contributed by atoms with Crippen LogP contribution in [0.3, 0.4) is 0 Å². The summed E-state index contributed by atoms with van der Waals surface area (Å²) in [5, 5.41) is 24.6. The minimum absolute atomic E-state index is 0.117. The van der Waals surface area contributed by atoms with Crippen molar-refractivity contribution in [2.75, 3.05) is 18.4 Å². The maximum atomic E-state index is 11.8. The average Bonchev–Trinajstić information content (AvgIpc) is 2.75. The molecule has 0 aromatic heterocycles. The van der Waals surface area contributed by atoms with Crippen molar-refractivity contribution in [1.29, 1.82) is 0 Å². The van der Waals surface area contributed by atoms with Crippen LogP contribution in [0.5, 0.6) is 5.75 Å². The topological polar surface area (TPSA) is 166 Å². The third-order valence-corrected chi connectivity index (χ3v) is 3.77. The zero-order valence-electron chi connectivity index (χ0n) is 15.9. The Balaban J connectivity index is 1.81. The van der Waals surface area contributed by atoms with Gasteiger partial charge < -0.3 is 31.0 Å². The maximum Gasteiger partial charge on any atom is 0.322 e. The molecular formula is C19H18N4O7S. The van der Waals surface area contributed by atoms with E-state index in [9.17, 15) is 19.2 Å². The molecule has 0 atom stereocenters. The molecule has 162 valence electrons. The third kappa shape index (κ3) is 7.98. The summed E-state index contributed by atoms with van der Waals surface area (Å²) in [6.07, 6.45) is 0. The van der Waals surface area contributed by atoms with Gasteiger partial charge in [-0.05, 0) is 60.7 Å². The van der Waals surface area contributed by atoms with Crippen LogP contribution in [0.1, 0.15) is 20.7 Å². The summed E-state index contributed by atoms with van der Waals surface area (Å²) in [6.45, 7) is -0.954. The summed E-state index contributed by atoms with van der Waals surface area (Å²) < 4.78 is 0. The van der Waals surface area contributed by atoms with Gasteiger partial charge >= 0.3 is 11.9 Å². The molecule has 0 aliphatic rings. The second-order valence-corrected chi connectivity index (χ2v) is 6.32. The van der Waals surface area contributed by atoms with Crippen molar-refractivity contribution in [2.24, 2.45) is 0 Å². The fourth-order valence-electron chi connectivity index (χ4n) is 2.16. The van der Waals surface area contributed by atoms with Crippen LogP contribution in [0, 0.1) is 0 Å². The van der Waals surface area contributed by atoms with E-state index in [-0.39, 0.29) is 16.2 Å².